The van der Waals surface area contributed by atoms with E-state index >= 15 is 0 Å². The molecule has 1 rings (SSSR count). The molecule has 0 radical (unpaired) electrons. The van der Waals surface area contributed by atoms with Crippen molar-refractivity contribution in [3.63, 3.8) is 0 Å². The third kappa shape index (κ3) is 4.31. The number of nitrogens with two attached hydrogens (primary N) is 1. The van der Waals surface area contributed by atoms with Gasteiger partial charge in [0.15, 0.2) is 9.84 Å². The lowest BCUT2D eigenvalue weighted by molar-refractivity contribution is 0.426. The van der Waals surface area contributed by atoms with Gasteiger partial charge in [-0.3, -0.25) is 4.68 Å². The number of nitrogens with zero attached hydrogens (tertiary/aromatic N) is 2. The third-order valence-corrected chi connectivity index (χ3v) is 5.68. The van der Waals surface area contributed by atoms with E-state index < -0.39 is 15.1 Å². The van der Waals surface area contributed by atoms with Crippen LogP contribution in [0.2, 0.25) is 0 Å². The molecule has 0 spiro atoms. The molecular formula is C13H25N3O2S. The SMILES string of the molecule is CCC(CC)n1ccc(CS(=O)(=O)C(C)CCN)n1. The zero-order valence-corrected chi connectivity index (χ0v) is 12.9. The van der Waals surface area contributed by atoms with Gasteiger partial charge in [0.2, 0.25) is 0 Å². The van der Waals surface area contributed by atoms with Gasteiger partial charge in [-0.2, -0.15) is 5.10 Å². The molecule has 0 aliphatic rings. The van der Waals surface area contributed by atoms with Gasteiger partial charge < -0.3 is 5.73 Å². The largest absolute Gasteiger partial charge is 0.330 e. The van der Waals surface area contributed by atoms with Crippen molar-refractivity contribution in [1.29, 1.82) is 0 Å². The molecule has 0 saturated carbocycles. The summed E-state index contributed by atoms with van der Waals surface area (Å²) in [7, 11) is -3.16. The minimum atomic E-state index is -3.16. The molecule has 0 aliphatic heterocycles. The first-order valence-corrected chi connectivity index (χ1v) is 8.61. The van der Waals surface area contributed by atoms with Crippen LogP contribution in [-0.2, 0) is 15.6 Å². The van der Waals surface area contributed by atoms with Gasteiger partial charge in [-0.05, 0) is 38.8 Å². The second-order valence-corrected chi connectivity index (χ2v) is 7.37. The first-order valence-electron chi connectivity index (χ1n) is 6.90. The quantitative estimate of drug-likeness (QED) is 0.792. The van der Waals surface area contributed by atoms with Crippen molar-refractivity contribution in [3.05, 3.63) is 18.0 Å². The normalized spacial score (nSPS) is 13.9. The molecule has 6 heteroatoms. The second-order valence-electron chi connectivity index (χ2n) is 4.95. The summed E-state index contributed by atoms with van der Waals surface area (Å²) in [6.07, 6.45) is 4.35. The Hall–Kier alpha value is -0.880. The lowest BCUT2D eigenvalue weighted by Crippen LogP contribution is -2.23. The molecule has 0 fully saturated rings. The highest BCUT2D eigenvalue weighted by Gasteiger charge is 2.22. The number of hydrogen-bond donors (Lipinski definition) is 1. The van der Waals surface area contributed by atoms with Crippen molar-refractivity contribution in [2.75, 3.05) is 6.54 Å². The standard InChI is InChI=1S/C13H25N3O2S/c1-4-13(5-2)16-9-7-12(15-16)10-19(17,18)11(3)6-8-14/h7,9,11,13H,4-6,8,10,14H2,1-3H3. The minimum Gasteiger partial charge on any atom is -0.330 e. The van der Waals surface area contributed by atoms with E-state index in [0.717, 1.165) is 12.8 Å². The van der Waals surface area contributed by atoms with Gasteiger partial charge in [0.05, 0.1) is 22.7 Å². The Morgan fingerprint density at radius 3 is 2.53 bits per heavy atom. The first-order chi connectivity index (χ1) is 8.94. The van der Waals surface area contributed by atoms with E-state index in [1.807, 2.05) is 10.9 Å². The Bertz CT molecular complexity index is 478. The van der Waals surface area contributed by atoms with Gasteiger partial charge in [-0.15, -0.1) is 0 Å². The first kappa shape index (κ1) is 16.2. The van der Waals surface area contributed by atoms with Crippen molar-refractivity contribution < 1.29 is 8.42 Å². The average molecular weight is 287 g/mol. The van der Waals surface area contributed by atoms with Crippen LogP contribution in [0.4, 0.5) is 0 Å². The van der Waals surface area contributed by atoms with Crippen molar-refractivity contribution in [2.24, 2.45) is 5.73 Å². The highest BCUT2D eigenvalue weighted by Crippen LogP contribution is 2.17. The van der Waals surface area contributed by atoms with Crippen molar-refractivity contribution in [3.8, 4) is 0 Å². The van der Waals surface area contributed by atoms with Crippen molar-refractivity contribution in [1.82, 2.24) is 9.78 Å². The minimum absolute atomic E-state index is 0.00130. The summed E-state index contributed by atoms with van der Waals surface area (Å²) in [6.45, 7) is 6.31. The smallest absolute Gasteiger partial charge is 0.158 e. The average Bonchev–Trinajstić information content (AvgIpc) is 2.78. The molecule has 1 heterocycles. The molecule has 1 aromatic rings. The van der Waals surface area contributed by atoms with Crippen molar-refractivity contribution >= 4 is 9.84 Å². The fraction of sp³-hybridized carbons (Fsp3) is 0.769. The van der Waals surface area contributed by atoms with Crippen LogP contribution in [0.25, 0.3) is 0 Å². The van der Waals surface area contributed by atoms with Crippen LogP contribution in [0.5, 0.6) is 0 Å². The number of aromatic nitrogens is 2. The van der Waals surface area contributed by atoms with Gasteiger partial charge in [0.25, 0.3) is 0 Å². The molecule has 2 N–H and O–H groups in total. The molecule has 0 saturated heterocycles. The van der Waals surface area contributed by atoms with E-state index in [9.17, 15) is 8.42 Å². The highest BCUT2D eigenvalue weighted by atomic mass is 32.2. The maximum Gasteiger partial charge on any atom is 0.158 e. The number of rotatable bonds is 8. The van der Waals surface area contributed by atoms with Crippen LogP contribution in [0.15, 0.2) is 12.3 Å². The Balaban J connectivity index is 2.78. The monoisotopic (exact) mass is 287 g/mol. The van der Waals surface area contributed by atoms with E-state index in [4.69, 9.17) is 5.73 Å². The topological polar surface area (TPSA) is 78.0 Å². The lowest BCUT2D eigenvalue weighted by Gasteiger charge is -2.13. The van der Waals surface area contributed by atoms with Crippen LogP contribution in [0, 0.1) is 0 Å². The highest BCUT2D eigenvalue weighted by molar-refractivity contribution is 7.91. The fourth-order valence-corrected chi connectivity index (χ4v) is 3.43. The molecule has 5 nitrogen and oxygen atoms in total. The van der Waals surface area contributed by atoms with E-state index in [-0.39, 0.29) is 5.75 Å². The van der Waals surface area contributed by atoms with Crippen LogP contribution in [0.1, 0.15) is 51.8 Å². The maximum absolute atomic E-state index is 12.1. The molecule has 1 atom stereocenters. The van der Waals surface area contributed by atoms with E-state index in [1.165, 1.54) is 0 Å². The zero-order chi connectivity index (χ0) is 14.5. The van der Waals surface area contributed by atoms with Gasteiger partial charge >= 0.3 is 0 Å². The van der Waals surface area contributed by atoms with E-state index in [0.29, 0.717) is 24.7 Å². The van der Waals surface area contributed by atoms with Crippen LogP contribution in [0.3, 0.4) is 0 Å². The summed E-state index contributed by atoms with van der Waals surface area (Å²) >= 11 is 0. The maximum atomic E-state index is 12.1. The van der Waals surface area contributed by atoms with E-state index in [1.54, 1.807) is 13.0 Å². The Kier molecular flexibility index (Phi) is 6.00. The Labute approximate surface area is 116 Å². The molecular weight excluding hydrogens is 262 g/mol. The predicted octanol–water partition coefficient (Wildman–Crippen LogP) is 1.90. The summed E-state index contributed by atoms with van der Waals surface area (Å²) in [5.74, 6) is 0.00130. The molecule has 1 unspecified atom stereocenters. The van der Waals surface area contributed by atoms with Gasteiger partial charge in [-0.25, -0.2) is 8.42 Å². The van der Waals surface area contributed by atoms with Crippen LogP contribution < -0.4 is 5.73 Å². The molecule has 110 valence electrons. The second kappa shape index (κ2) is 7.05. The number of hydrogen-bond acceptors (Lipinski definition) is 4. The number of sulfone groups is 1. The fourth-order valence-electron chi connectivity index (χ4n) is 2.08. The predicted molar refractivity (Wildman–Crippen MR) is 77.6 cm³/mol. The van der Waals surface area contributed by atoms with Crippen molar-refractivity contribution in [2.45, 2.75) is 57.1 Å². The zero-order valence-electron chi connectivity index (χ0n) is 12.0. The Morgan fingerprint density at radius 2 is 2.00 bits per heavy atom. The third-order valence-electron chi connectivity index (χ3n) is 3.52. The summed E-state index contributed by atoms with van der Waals surface area (Å²) in [5.41, 5.74) is 6.04. The molecule has 19 heavy (non-hydrogen) atoms. The summed E-state index contributed by atoms with van der Waals surface area (Å²) in [6, 6.07) is 2.14. The Morgan fingerprint density at radius 1 is 1.37 bits per heavy atom. The summed E-state index contributed by atoms with van der Waals surface area (Å²) in [4.78, 5) is 0. The molecule has 0 aromatic carbocycles. The summed E-state index contributed by atoms with van der Waals surface area (Å²) in [5, 5.41) is 3.98. The summed E-state index contributed by atoms with van der Waals surface area (Å²) < 4.78 is 26.1. The lowest BCUT2D eigenvalue weighted by atomic mass is 10.2. The van der Waals surface area contributed by atoms with Gasteiger partial charge in [0, 0.05) is 6.20 Å². The van der Waals surface area contributed by atoms with Gasteiger partial charge in [-0.1, -0.05) is 13.8 Å². The molecule has 0 aliphatic carbocycles. The van der Waals surface area contributed by atoms with E-state index in [2.05, 4.69) is 18.9 Å². The van der Waals surface area contributed by atoms with Crippen LogP contribution >= 0.6 is 0 Å². The molecule has 0 amide bonds. The van der Waals surface area contributed by atoms with Crippen LogP contribution in [-0.4, -0.2) is 30.0 Å². The van der Waals surface area contributed by atoms with Gasteiger partial charge in [0.1, 0.15) is 0 Å². The molecule has 0 bridgehead atoms. The molecule has 1 aromatic heterocycles.